The molecule has 4 rings (SSSR count). The average Bonchev–Trinajstić information content (AvgIpc) is 3.30. The van der Waals surface area contributed by atoms with Gasteiger partial charge in [0.15, 0.2) is 0 Å². The van der Waals surface area contributed by atoms with Crippen molar-refractivity contribution in [1.82, 2.24) is 24.8 Å². The van der Waals surface area contributed by atoms with Crippen molar-refractivity contribution in [2.75, 3.05) is 0 Å². The number of benzene rings is 1. The van der Waals surface area contributed by atoms with Crippen LogP contribution in [-0.4, -0.2) is 31.5 Å². The summed E-state index contributed by atoms with van der Waals surface area (Å²) in [6.07, 6.45) is 5.68. The molecule has 0 spiro atoms. The quantitative estimate of drug-likeness (QED) is 0.600. The van der Waals surface area contributed by atoms with E-state index in [2.05, 4.69) is 20.4 Å². The van der Waals surface area contributed by atoms with E-state index in [0.29, 0.717) is 23.7 Å². The molecule has 0 aliphatic heterocycles. The fourth-order valence-electron chi connectivity index (χ4n) is 2.72. The van der Waals surface area contributed by atoms with Crippen LogP contribution in [-0.2, 0) is 6.42 Å². The first kappa shape index (κ1) is 16.0. The summed E-state index contributed by atoms with van der Waals surface area (Å²) in [6, 6.07) is 13.0. The molecular weight excluding hydrogens is 330 g/mol. The Morgan fingerprint density at radius 3 is 2.96 bits per heavy atom. The number of hydrogen-bond acceptors (Lipinski definition) is 5. The smallest absolute Gasteiger partial charge is 0.251 e. The van der Waals surface area contributed by atoms with Gasteiger partial charge in [-0.25, -0.2) is 4.98 Å². The largest absolute Gasteiger partial charge is 0.349 e. The van der Waals surface area contributed by atoms with Gasteiger partial charge in [-0.05, 0) is 19.1 Å². The lowest BCUT2D eigenvalue weighted by Gasteiger charge is -2.11. The van der Waals surface area contributed by atoms with Gasteiger partial charge in [0.2, 0.25) is 11.7 Å². The highest BCUT2D eigenvalue weighted by molar-refractivity contribution is 5.95. The molecule has 1 unspecified atom stereocenters. The number of amides is 1. The molecule has 0 aliphatic rings. The molecule has 0 saturated carbocycles. The van der Waals surface area contributed by atoms with Gasteiger partial charge in [0.05, 0.1) is 18.0 Å². The summed E-state index contributed by atoms with van der Waals surface area (Å²) in [6.45, 7) is 1.90. The molecule has 0 radical (unpaired) electrons. The molecular formula is C19H17N5O2. The van der Waals surface area contributed by atoms with E-state index in [-0.39, 0.29) is 11.9 Å². The van der Waals surface area contributed by atoms with E-state index < -0.39 is 0 Å². The maximum atomic E-state index is 12.4. The van der Waals surface area contributed by atoms with Crippen LogP contribution in [0, 0.1) is 0 Å². The molecule has 0 saturated heterocycles. The Morgan fingerprint density at radius 2 is 2.12 bits per heavy atom. The molecule has 3 aromatic heterocycles. The highest BCUT2D eigenvalue weighted by Crippen LogP contribution is 2.15. The summed E-state index contributed by atoms with van der Waals surface area (Å²) in [5.74, 6) is 0.886. The second kappa shape index (κ2) is 6.79. The Kier molecular flexibility index (Phi) is 4.18. The van der Waals surface area contributed by atoms with Crippen LogP contribution in [0.3, 0.4) is 0 Å². The molecule has 130 valence electrons. The van der Waals surface area contributed by atoms with E-state index in [1.807, 2.05) is 47.9 Å². The summed E-state index contributed by atoms with van der Waals surface area (Å²) < 4.78 is 7.15. The lowest BCUT2D eigenvalue weighted by molar-refractivity contribution is 0.0938. The van der Waals surface area contributed by atoms with Crippen LogP contribution in [0.2, 0.25) is 0 Å². The third-order valence-electron chi connectivity index (χ3n) is 4.03. The zero-order valence-electron chi connectivity index (χ0n) is 14.2. The fraction of sp³-hybridized carbons (Fsp3) is 0.158. The average molecular weight is 347 g/mol. The Labute approximate surface area is 149 Å². The SMILES string of the molecule is CC(Cc1nc(-c2ccccc2)no1)NC(=O)c1ccn2cncc2c1. The highest BCUT2D eigenvalue weighted by atomic mass is 16.5. The van der Waals surface area contributed by atoms with Gasteiger partial charge in [0.1, 0.15) is 0 Å². The van der Waals surface area contributed by atoms with Crippen LogP contribution in [0.1, 0.15) is 23.2 Å². The second-order valence-corrected chi connectivity index (χ2v) is 6.10. The molecule has 0 fully saturated rings. The van der Waals surface area contributed by atoms with Crippen molar-refractivity contribution >= 4 is 11.4 Å². The summed E-state index contributed by atoms with van der Waals surface area (Å²) in [5.41, 5.74) is 2.35. The van der Waals surface area contributed by atoms with E-state index in [4.69, 9.17) is 4.52 Å². The first-order valence-corrected chi connectivity index (χ1v) is 8.29. The van der Waals surface area contributed by atoms with Gasteiger partial charge < -0.3 is 14.2 Å². The summed E-state index contributed by atoms with van der Waals surface area (Å²) in [5, 5.41) is 6.95. The molecule has 0 aliphatic carbocycles. The van der Waals surface area contributed by atoms with Crippen molar-refractivity contribution in [3.8, 4) is 11.4 Å². The van der Waals surface area contributed by atoms with Gasteiger partial charge in [0, 0.05) is 29.8 Å². The predicted molar refractivity (Wildman–Crippen MR) is 95.6 cm³/mol. The third-order valence-corrected chi connectivity index (χ3v) is 4.03. The Balaban J connectivity index is 1.41. The number of carbonyl (C=O) groups is 1. The minimum absolute atomic E-state index is 0.146. The van der Waals surface area contributed by atoms with Crippen molar-refractivity contribution in [3.63, 3.8) is 0 Å². The van der Waals surface area contributed by atoms with Crippen molar-refractivity contribution in [2.45, 2.75) is 19.4 Å². The van der Waals surface area contributed by atoms with Crippen LogP contribution in [0.4, 0.5) is 0 Å². The van der Waals surface area contributed by atoms with Crippen molar-refractivity contribution < 1.29 is 9.32 Å². The highest BCUT2D eigenvalue weighted by Gasteiger charge is 2.15. The molecule has 3 heterocycles. The Morgan fingerprint density at radius 1 is 1.27 bits per heavy atom. The Hall–Kier alpha value is -3.48. The zero-order chi connectivity index (χ0) is 17.9. The number of pyridine rings is 1. The van der Waals surface area contributed by atoms with Crippen LogP contribution in [0.15, 0.2) is 65.7 Å². The van der Waals surface area contributed by atoms with Gasteiger partial charge in [-0.2, -0.15) is 4.98 Å². The lowest BCUT2D eigenvalue weighted by atomic mass is 10.2. The summed E-state index contributed by atoms with van der Waals surface area (Å²) in [4.78, 5) is 20.9. The van der Waals surface area contributed by atoms with E-state index >= 15 is 0 Å². The van der Waals surface area contributed by atoms with Crippen LogP contribution in [0.5, 0.6) is 0 Å². The number of imidazole rings is 1. The van der Waals surface area contributed by atoms with Gasteiger partial charge in [-0.3, -0.25) is 4.79 Å². The van der Waals surface area contributed by atoms with Crippen LogP contribution in [0.25, 0.3) is 16.9 Å². The van der Waals surface area contributed by atoms with E-state index in [1.165, 1.54) is 0 Å². The molecule has 7 heteroatoms. The molecule has 0 bridgehead atoms. The van der Waals surface area contributed by atoms with Gasteiger partial charge in [-0.1, -0.05) is 35.5 Å². The Bertz CT molecular complexity index is 1040. The number of carbonyl (C=O) groups excluding carboxylic acids is 1. The number of rotatable bonds is 5. The zero-order valence-corrected chi connectivity index (χ0v) is 14.2. The van der Waals surface area contributed by atoms with E-state index in [1.54, 1.807) is 24.7 Å². The first-order chi connectivity index (χ1) is 12.7. The normalized spacial score (nSPS) is 12.2. The molecule has 1 N–H and O–H groups in total. The van der Waals surface area contributed by atoms with Gasteiger partial charge >= 0.3 is 0 Å². The van der Waals surface area contributed by atoms with Crippen molar-refractivity contribution in [2.24, 2.45) is 0 Å². The maximum Gasteiger partial charge on any atom is 0.251 e. The summed E-state index contributed by atoms with van der Waals surface area (Å²) in [7, 11) is 0. The standard InChI is InChI=1S/C19H17N5O2/c1-13(9-17-22-18(23-26-17)14-5-3-2-4-6-14)21-19(25)15-7-8-24-12-20-11-16(24)10-15/h2-8,10-13H,9H2,1H3,(H,21,25). The minimum Gasteiger partial charge on any atom is -0.349 e. The van der Waals surface area contributed by atoms with E-state index in [9.17, 15) is 4.79 Å². The number of nitrogens with one attached hydrogen (secondary N) is 1. The number of aromatic nitrogens is 4. The maximum absolute atomic E-state index is 12.4. The molecule has 26 heavy (non-hydrogen) atoms. The van der Waals surface area contributed by atoms with Crippen LogP contribution >= 0.6 is 0 Å². The van der Waals surface area contributed by atoms with Gasteiger partial charge in [-0.15, -0.1) is 0 Å². The predicted octanol–water partition coefficient (Wildman–Crippen LogP) is 2.75. The molecule has 4 aromatic rings. The second-order valence-electron chi connectivity index (χ2n) is 6.10. The minimum atomic E-state index is -0.149. The fourth-order valence-corrected chi connectivity index (χ4v) is 2.72. The monoisotopic (exact) mass is 347 g/mol. The molecule has 1 atom stereocenters. The number of hydrogen-bond donors (Lipinski definition) is 1. The molecule has 1 amide bonds. The van der Waals surface area contributed by atoms with Gasteiger partial charge in [0.25, 0.3) is 5.91 Å². The first-order valence-electron chi connectivity index (χ1n) is 8.29. The van der Waals surface area contributed by atoms with Crippen LogP contribution < -0.4 is 5.32 Å². The number of fused-ring (bicyclic) bond motifs is 1. The molecule has 7 nitrogen and oxygen atoms in total. The third kappa shape index (κ3) is 3.32. The lowest BCUT2D eigenvalue weighted by Crippen LogP contribution is -2.34. The van der Waals surface area contributed by atoms with Crippen molar-refractivity contribution in [1.29, 1.82) is 0 Å². The number of nitrogens with zero attached hydrogens (tertiary/aromatic N) is 4. The van der Waals surface area contributed by atoms with Crippen molar-refractivity contribution in [3.05, 3.63) is 72.6 Å². The van der Waals surface area contributed by atoms with E-state index in [0.717, 1.165) is 11.1 Å². The summed E-state index contributed by atoms with van der Waals surface area (Å²) >= 11 is 0. The topological polar surface area (TPSA) is 85.3 Å². The molecule has 1 aromatic carbocycles.